The van der Waals surface area contributed by atoms with Gasteiger partial charge in [-0.2, -0.15) is 0 Å². The number of hydrogen-bond acceptors (Lipinski definition) is 5. The number of carbonyl (C=O) groups is 1. The molecule has 0 radical (unpaired) electrons. The molecular weight excluding hydrogens is 432 g/mol. The Kier molecular flexibility index (Phi) is 9.95. The molecule has 0 amide bonds. The third kappa shape index (κ3) is 7.65. The maximum absolute atomic E-state index is 11.0. The predicted octanol–water partition coefficient (Wildman–Crippen LogP) is 6.26. The minimum absolute atomic E-state index is 0.412. The van der Waals surface area contributed by atoms with Gasteiger partial charge in [-0.3, -0.25) is 4.79 Å². The lowest BCUT2D eigenvalue weighted by Crippen LogP contribution is -2.17. The van der Waals surface area contributed by atoms with E-state index in [-0.39, 0.29) is 0 Å². The summed E-state index contributed by atoms with van der Waals surface area (Å²) in [5.74, 6) is 0.736. The highest BCUT2D eigenvalue weighted by atomic mass is 35.5. The highest BCUT2D eigenvalue weighted by Crippen LogP contribution is 2.28. The molecule has 0 unspecified atom stereocenters. The van der Waals surface area contributed by atoms with E-state index < -0.39 is 0 Å². The van der Waals surface area contributed by atoms with Gasteiger partial charge >= 0.3 is 0 Å². The Bertz CT molecular complexity index is 1070. The third-order valence-corrected chi connectivity index (χ3v) is 5.39. The van der Waals surface area contributed by atoms with Crippen molar-refractivity contribution in [2.24, 2.45) is 4.99 Å². The molecule has 2 aromatic rings. The normalized spacial score (nSPS) is 14.7. The lowest BCUT2D eigenvalue weighted by molar-refractivity contribution is -0.102. The van der Waals surface area contributed by atoms with Crippen LogP contribution in [0.4, 0.5) is 11.4 Å². The quantitative estimate of drug-likeness (QED) is 0.512. The van der Waals surface area contributed by atoms with Crippen LogP contribution in [-0.4, -0.2) is 45.1 Å². The molecule has 0 spiro atoms. The molecule has 6 heteroatoms. The summed E-state index contributed by atoms with van der Waals surface area (Å²) >= 11 is 6.13. The van der Waals surface area contributed by atoms with Gasteiger partial charge in [0.1, 0.15) is 11.5 Å². The molecule has 1 heterocycles. The number of halogens is 1. The van der Waals surface area contributed by atoms with Crippen LogP contribution in [0.3, 0.4) is 0 Å². The van der Waals surface area contributed by atoms with Gasteiger partial charge in [0.2, 0.25) is 0 Å². The molecule has 1 aliphatic rings. The fraction of sp³-hybridized carbons (Fsp3) is 0.259. The van der Waals surface area contributed by atoms with Gasteiger partial charge in [-0.25, -0.2) is 4.99 Å². The Balaban J connectivity index is 0.000000294. The largest absolute Gasteiger partial charge is 0.388 e. The molecule has 1 N–H and O–H groups in total. The summed E-state index contributed by atoms with van der Waals surface area (Å²) in [7, 11) is 7.91. The summed E-state index contributed by atoms with van der Waals surface area (Å²) in [6.45, 7) is 4.19. The van der Waals surface area contributed by atoms with Crippen molar-refractivity contribution in [1.82, 2.24) is 4.90 Å². The average molecular weight is 465 g/mol. The monoisotopic (exact) mass is 464 g/mol. The zero-order chi connectivity index (χ0) is 24.4. The molecule has 0 atom stereocenters. The average Bonchev–Trinajstić information content (AvgIpc) is 2.83. The van der Waals surface area contributed by atoms with E-state index in [1.54, 1.807) is 6.08 Å². The lowest BCUT2D eigenvalue weighted by Gasteiger charge is -2.22. The molecule has 5 nitrogen and oxygen atoms in total. The maximum atomic E-state index is 11.0. The standard InChI is InChI=1S/C18H19ClN2O.C9H14N2/c1-4-13(2)10-17(14-6-5-7-15(19)11-14)18-20-16(12-22)8-9-21(18)3;1-10-8-4-6-9(7-5-8)11(2)3/h5-12H,4H2,1-3H3;4-7,10H,1-3H3/b13-10?,18-17+;. The highest BCUT2D eigenvalue weighted by Gasteiger charge is 2.14. The molecular formula is C27H33ClN4O. The van der Waals surface area contributed by atoms with Gasteiger partial charge in [-0.1, -0.05) is 42.3 Å². The fourth-order valence-corrected chi connectivity index (χ4v) is 3.21. The van der Waals surface area contributed by atoms with Crippen LogP contribution in [-0.2, 0) is 4.79 Å². The van der Waals surface area contributed by atoms with Gasteiger partial charge in [0, 0.05) is 56.4 Å². The number of nitrogens with one attached hydrogen (secondary N) is 1. The zero-order valence-corrected chi connectivity index (χ0v) is 21.0. The second kappa shape index (κ2) is 12.7. The van der Waals surface area contributed by atoms with E-state index in [1.165, 1.54) is 11.3 Å². The highest BCUT2D eigenvalue weighted by molar-refractivity contribution is 6.34. The molecule has 0 aromatic heterocycles. The third-order valence-electron chi connectivity index (χ3n) is 5.16. The molecule has 0 aliphatic carbocycles. The summed E-state index contributed by atoms with van der Waals surface area (Å²) in [5.41, 5.74) is 5.95. The molecule has 3 rings (SSSR count). The van der Waals surface area contributed by atoms with Crippen LogP contribution in [0.1, 0.15) is 25.8 Å². The van der Waals surface area contributed by atoms with Gasteiger partial charge in [-0.05, 0) is 61.4 Å². The Labute approximate surface area is 202 Å². The van der Waals surface area contributed by atoms with E-state index in [9.17, 15) is 4.79 Å². The Morgan fingerprint density at radius 3 is 2.42 bits per heavy atom. The number of nitrogens with zero attached hydrogens (tertiary/aromatic N) is 3. The van der Waals surface area contributed by atoms with Gasteiger partial charge < -0.3 is 15.1 Å². The number of hydrogen-bond donors (Lipinski definition) is 1. The summed E-state index contributed by atoms with van der Waals surface area (Å²) in [6, 6.07) is 16.0. The number of anilines is 2. The van der Waals surface area contributed by atoms with Crippen molar-refractivity contribution < 1.29 is 4.79 Å². The van der Waals surface area contributed by atoms with Gasteiger partial charge in [0.25, 0.3) is 0 Å². The Morgan fingerprint density at radius 1 is 1.18 bits per heavy atom. The molecule has 174 valence electrons. The van der Waals surface area contributed by atoms with Crippen LogP contribution in [0.5, 0.6) is 0 Å². The van der Waals surface area contributed by atoms with Crippen molar-refractivity contribution in [3.63, 3.8) is 0 Å². The van der Waals surface area contributed by atoms with E-state index in [0.29, 0.717) is 10.7 Å². The summed E-state index contributed by atoms with van der Waals surface area (Å²) in [4.78, 5) is 19.5. The van der Waals surface area contributed by atoms with Crippen molar-refractivity contribution in [1.29, 1.82) is 0 Å². The molecule has 1 aliphatic heterocycles. The first kappa shape index (κ1) is 25.9. The second-order valence-corrected chi connectivity index (χ2v) is 8.30. The van der Waals surface area contributed by atoms with Gasteiger partial charge in [0.05, 0.1) is 0 Å². The van der Waals surface area contributed by atoms with E-state index in [4.69, 9.17) is 11.6 Å². The topological polar surface area (TPSA) is 47.9 Å². The van der Waals surface area contributed by atoms with Crippen molar-refractivity contribution in [2.75, 3.05) is 38.4 Å². The number of aldehydes is 1. The predicted molar refractivity (Wildman–Crippen MR) is 143 cm³/mol. The van der Waals surface area contributed by atoms with Crippen LogP contribution in [0.25, 0.3) is 5.57 Å². The van der Waals surface area contributed by atoms with Crippen molar-refractivity contribution in [2.45, 2.75) is 20.3 Å². The SMILES string of the molecule is CCC(C)=C/C(=C1/N=C(C=O)C=CN1C)c1cccc(Cl)c1.CNc1ccc(N(C)C)cc1. The Morgan fingerprint density at radius 2 is 1.88 bits per heavy atom. The first-order chi connectivity index (χ1) is 15.8. The van der Waals surface area contributed by atoms with E-state index in [0.717, 1.165) is 35.4 Å². The number of carbonyl (C=O) groups excluding carboxylic acids is 1. The van der Waals surface area contributed by atoms with E-state index >= 15 is 0 Å². The molecule has 0 saturated heterocycles. The number of aliphatic imine (C=N–C) groups is 1. The second-order valence-electron chi connectivity index (χ2n) is 7.86. The number of rotatable bonds is 6. The molecule has 0 fully saturated rings. The van der Waals surface area contributed by atoms with Crippen LogP contribution >= 0.6 is 11.6 Å². The van der Waals surface area contributed by atoms with Gasteiger partial charge in [-0.15, -0.1) is 0 Å². The number of allylic oxidation sites excluding steroid dienone is 4. The van der Waals surface area contributed by atoms with Crippen LogP contribution < -0.4 is 10.2 Å². The minimum Gasteiger partial charge on any atom is -0.388 e. The summed E-state index contributed by atoms with van der Waals surface area (Å²) in [5, 5.41) is 3.75. The molecule has 0 bridgehead atoms. The molecule has 2 aromatic carbocycles. The molecule has 33 heavy (non-hydrogen) atoms. The van der Waals surface area contributed by atoms with E-state index in [2.05, 4.69) is 59.4 Å². The zero-order valence-electron chi connectivity index (χ0n) is 20.3. The van der Waals surface area contributed by atoms with Crippen LogP contribution in [0, 0.1) is 0 Å². The summed E-state index contributed by atoms with van der Waals surface area (Å²) < 4.78 is 0. The lowest BCUT2D eigenvalue weighted by atomic mass is 10.0. The summed E-state index contributed by atoms with van der Waals surface area (Å²) in [6.07, 6.45) is 7.34. The molecule has 0 saturated carbocycles. The van der Waals surface area contributed by atoms with Crippen molar-refractivity contribution in [3.05, 3.63) is 88.9 Å². The Hall–Kier alpha value is -3.31. The van der Waals surface area contributed by atoms with E-state index in [1.807, 2.05) is 63.6 Å². The van der Waals surface area contributed by atoms with Gasteiger partial charge in [0.15, 0.2) is 6.29 Å². The van der Waals surface area contributed by atoms with Crippen LogP contribution in [0.15, 0.2) is 83.3 Å². The van der Waals surface area contributed by atoms with Crippen LogP contribution in [0.2, 0.25) is 5.02 Å². The minimum atomic E-state index is 0.412. The number of benzene rings is 2. The van der Waals surface area contributed by atoms with Crippen molar-refractivity contribution in [3.8, 4) is 0 Å². The smallest absolute Gasteiger partial charge is 0.168 e. The first-order valence-corrected chi connectivity index (χ1v) is 11.2. The van der Waals surface area contributed by atoms with Crippen molar-refractivity contribution >= 4 is 40.5 Å². The first-order valence-electron chi connectivity index (χ1n) is 10.9. The fourth-order valence-electron chi connectivity index (χ4n) is 3.02. The maximum Gasteiger partial charge on any atom is 0.168 e.